The zero-order valence-electron chi connectivity index (χ0n) is 6.45. The van der Waals surface area contributed by atoms with Crippen LogP contribution in [0.1, 0.15) is 26.2 Å². The van der Waals surface area contributed by atoms with Gasteiger partial charge in [-0.2, -0.15) is 0 Å². The van der Waals surface area contributed by atoms with Crippen molar-refractivity contribution in [3.63, 3.8) is 0 Å². The van der Waals surface area contributed by atoms with Crippen LogP contribution >= 0.6 is 0 Å². The van der Waals surface area contributed by atoms with Gasteiger partial charge in [-0.05, 0) is 19.3 Å². The third-order valence-corrected chi connectivity index (χ3v) is 1.25. The number of aliphatic hydroxyl groups is 2. The van der Waals surface area contributed by atoms with Crippen molar-refractivity contribution in [2.75, 3.05) is 6.61 Å². The van der Waals surface area contributed by atoms with Gasteiger partial charge in [-0.3, -0.25) is 0 Å². The highest BCUT2D eigenvalue weighted by Crippen LogP contribution is 1.97. The molecule has 0 fully saturated rings. The average Bonchev–Trinajstić information content (AvgIpc) is 1.97. The Bertz CT molecular complexity index is 89.3. The minimum Gasteiger partial charge on any atom is -0.396 e. The molecule has 0 rings (SSSR count). The number of allylic oxidation sites excluding steroid dienone is 1. The van der Waals surface area contributed by atoms with E-state index in [4.69, 9.17) is 10.2 Å². The molecule has 0 heterocycles. The fourth-order valence-electron chi connectivity index (χ4n) is 0.690. The minimum absolute atomic E-state index is 0.164. The molecule has 1 atom stereocenters. The molecule has 1 unspecified atom stereocenters. The normalized spacial score (nSPS) is 14.3. The van der Waals surface area contributed by atoms with E-state index in [0.717, 1.165) is 6.42 Å². The fraction of sp³-hybridized carbons (Fsp3) is 0.750. The summed E-state index contributed by atoms with van der Waals surface area (Å²) < 4.78 is 0. The Hall–Kier alpha value is -0.340. The van der Waals surface area contributed by atoms with Gasteiger partial charge >= 0.3 is 0 Å². The van der Waals surface area contributed by atoms with Crippen molar-refractivity contribution in [2.24, 2.45) is 0 Å². The molecule has 0 aromatic rings. The highest BCUT2D eigenvalue weighted by Gasteiger charge is 1.95. The summed E-state index contributed by atoms with van der Waals surface area (Å²) in [5.74, 6) is 0. The van der Waals surface area contributed by atoms with E-state index in [0.29, 0.717) is 12.8 Å². The van der Waals surface area contributed by atoms with Crippen molar-refractivity contribution in [1.82, 2.24) is 0 Å². The lowest BCUT2D eigenvalue weighted by Gasteiger charge is -2.01. The summed E-state index contributed by atoms with van der Waals surface area (Å²) in [6.45, 7) is 2.19. The molecule has 2 nitrogen and oxygen atoms in total. The average molecular weight is 144 g/mol. The van der Waals surface area contributed by atoms with E-state index in [1.807, 2.05) is 13.0 Å². The third kappa shape index (κ3) is 5.79. The van der Waals surface area contributed by atoms with Gasteiger partial charge in [0.25, 0.3) is 0 Å². The molecule has 0 aromatic carbocycles. The Morgan fingerprint density at radius 1 is 1.50 bits per heavy atom. The molecule has 0 saturated heterocycles. The molecule has 2 N–H and O–H groups in total. The van der Waals surface area contributed by atoms with Gasteiger partial charge in [0, 0.05) is 6.61 Å². The zero-order valence-corrected chi connectivity index (χ0v) is 6.45. The molecule has 0 aliphatic rings. The molecular weight excluding hydrogens is 128 g/mol. The maximum Gasteiger partial charge on any atom is 0.0721 e. The summed E-state index contributed by atoms with van der Waals surface area (Å²) in [6, 6.07) is 0. The molecular formula is C8H16O2. The Morgan fingerprint density at radius 3 is 2.70 bits per heavy atom. The van der Waals surface area contributed by atoms with E-state index in [1.165, 1.54) is 0 Å². The van der Waals surface area contributed by atoms with Gasteiger partial charge in [0.1, 0.15) is 0 Å². The number of hydrogen-bond donors (Lipinski definition) is 2. The molecule has 0 amide bonds. The number of rotatable bonds is 5. The second-order valence-electron chi connectivity index (χ2n) is 2.27. The summed E-state index contributed by atoms with van der Waals surface area (Å²) in [6.07, 6.45) is 5.63. The highest BCUT2D eigenvalue weighted by molar-refractivity contribution is 4.87. The van der Waals surface area contributed by atoms with Crippen molar-refractivity contribution in [1.29, 1.82) is 0 Å². The predicted octanol–water partition coefficient (Wildman–Crippen LogP) is 1.09. The van der Waals surface area contributed by atoms with Gasteiger partial charge in [0.05, 0.1) is 6.10 Å². The Labute approximate surface area is 62.2 Å². The molecule has 0 bridgehead atoms. The summed E-state index contributed by atoms with van der Waals surface area (Å²) >= 11 is 0. The fourth-order valence-corrected chi connectivity index (χ4v) is 0.690. The summed E-state index contributed by atoms with van der Waals surface area (Å²) in [5.41, 5.74) is 0. The highest BCUT2D eigenvalue weighted by atomic mass is 16.3. The van der Waals surface area contributed by atoms with Crippen molar-refractivity contribution in [2.45, 2.75) is 32.3 Å². The summed E-state index contributed by atoms with van der Waals surface area (Å²) in [5, 5.41) is 17.5. The first-order valence-electron chi connectivity index (χ1n) is 3.76. The molecule has 0 saturated carbocycles. The second kappa shape index (κ2) is 6.78. The predicted molar refractivity (Wildman–Crippen MR) is 41.8 cm³/mol. The Morgan fingerprint density at radius 2 is 2.20 bits per heavy atom. The van der Waals surface area contributed by atoms with Crippen molar-refractivity contribution < 1.29 is 10.2 Å². The first-order valence-corrected chi connectivity index (χ1v) is 3.76. The van der Waals surface area contributed by atoms with Gasteiger partial charge in [0.15, 0.2) is 0 Å². The smallest absolute Gasteiger partial charge is 0.0721 e. The lowest BCUT2D eigenvalue weighted by molar-refractivity contribution is 0.190. The molecule has 2 heteroatoms. The standard InChI is InChI=1S/C8H16O2/c1-2-3-5-8(10)6-4-7-9/h3,5,8-10H,2,4,6-7H2,1H3. The van der Waals surface area contributed by atoms with E-state index < -0.39 is 0 Å². The minimum atomic E-state index is -0.368. The van der Waals surface area contributed by atoms with E-state index in [1.54, 1.807) is 6.08 Å². The first kappa shape index (κ1) is 9.66. The van der Waals surface area contributed by atoms with E-state index >= 15 is 0 Å². The monoisotopic (exact) mass is 144 g/mol. The Kier molecular flexibility index (Phi) is 6.55. The van der Waals surface area contributed by atoms with Crippen molar-refractivity contribution >= 4 is 0 Å². The molecule has 0 aliphatic carbocycles. The molecule has 0 aromatic heterocycles. The number of aliphatic hydroxyl groups excluding tert-OH is 2. The van der Waals surface area contributed by atoms with Gasteiger partial charge in [-0.25, -0.2) is 0 Å². The molecule has 0 aliphatic heterocycles. The SMILES string of the molecule is CCC=CC(O)CCCO. The van der Waals surface area contributed by atoms with Crippen LogP contribution in [0.4, 0.5) is 0 Å². The zero-order chi connectivity index (χ0) is 7.82. The molecule has 0 radical (unpaired) electrons. The second-order valence-corrected chi connectivity index (χ2v) is 2.27. The largest absolute Gasteiger partial charge is 0.396 e. The lowest BCUT2D eigenvalue weighted by Crippen LogP contribution is -2.02. The maximum absolute atomic E-state index is 9.11. The van der Waals surface area contributed by atoms with Gasteiger partial charge < -0.3 is 10.2 Å². The summed E-state index contributed by atoms with van der Waals surface area (Å²) in [7, 11) is 0. The van der Waals surface area contributed by atoms with E-state index in [2.05, 4.69) is 0 Å². The van der Waals surface area contributed by atoms with Crippen LogP contribution in [0.3, 0.4) is 0 Å². The molecule has 0 spiro atoms. The van der Waals surface area contributed by atoms with Crippen LogP contribution < -0.4 is 0 Å². The number of hydrogen-bond acceptors (Lipinski definition) is 2. The van der Waals surface area contributed by atoms with Crippen LogP contribution in [0, 0.1) is 0 Å². The first-order chi connectivity index (χ1) is 4.81. The van der Waals surface area contributed by atoms with Crippen LogP contribution in [-0.2, 0) is 0 Å². The van der Waals surface area contributed by atoms with Gasteiger partial charge in [-0.15, -0.1) is 0 Å². The lowest BCUT2D eigenvalue weighted by atomic mass is 10.2. The van der Waals surface area contributed by atoms with Gasteiger partial charge in [0.2, 0.25) is 0 Å². The van der Waals surface area contributed by atoms with Crippen LogP contribution in [0.2, 0.25) is 0 Å². The van der Waals surface area contributed by atoms with Crippen LogP contribution in [0.15, 0.2) is 12.2 Å². The van der Waals surface area contributed by atoms with Gasteiger partial charge in [-0.1, -0.05) is 19.1 Å². The van der Waals surface area contributed by atoms with Crippen molar-refractivity contribution in [3.8, 4) is 0 Å². The Balaban J connectivity index is 3.24. The third-order valence-electron chi connectivity index (χ3n) is 1.25. The van der Waals surface area contributed by atoms with E-state index in [-0.39, 0.29) is 12.7 Å². The van der Waals surface area contributed by atoms with Crippen LogP contribution in [-0.4, -0.2) is 22.9 Å². The van der Waals surface area contributed by atoms with E-state index in [9.17, 15) is 0 Å². The molecule has 60 valence electrons. The summed E-state index contributed by atoms with van der Waals surface area (Å²) in [4.78, 5) is 0. The quantitative estimate of drug-likeness (QED) is 0.567. The maximum atomic E-state index is 9.11. The van der Waals surface area contributed by atoms with Crippen LogP contribution in [0.25, 0.3) is 0 Å². The van der Waals surface area contributed by atoms with Crippen molar-refractivity contribution in [3.05, 3.63) is 12.2 Å². The topological polar surface area (TPSA) is 40.5 Å². The molecule has 10 heavy (non-hydrogen) atoms. The van der Waals surface area contributed by atoms with Crippen LogP contribution in [0.5, 0.6) is 0 Å².